The minimum atomic E-state index is -1.18. The van der Waals surface area contributed by atoms with Gasteiger partial charge in [-0.05, 0) is 13.0 Å². The second-order valence-electron chi connectivity index (χ2n) is 4.54. The molecule has 3 N–H and O–H groups in total. The summed E-state index contributed by atoms with van der Waals surface area (Å²) < 4.78 is 5.12. The zero-order valence-corrected chi connectivity index (χ0v) is 13.4. The number of rotatable bonds is 4. The summed E-state index contributed by atoms with van der Waals surface area (Å²) >= 11 is 0. The second kappa shape index (κ2) is 9.05. The molecule has 0 saturated carbocycles. The van der Waals surface area contributed by atoms with Crippen molar-refractivity contribution in [1.29, 1.82) is 0 Å². The molecule has 1 aliphatic rings. The number of carboxylic acids is 1. The number of carboxylic acid groups (broad SMARTS) is 1. The third-order valence-electron chi connectivity index (χ3n) is 2.84. The van der Waals surface area contributed by atoms with E-state index in [0.29, 0.717) is 5.56 Å². The van der Waals surface area contributed by atoms with Gasteiger partial charge in [0.2, 0.25) is 0 Å². The first kappa shape index (κ1) is 18.8. The first-order chi connectivity index (χ1) is 11.5. The van der Waals surface area contributed by atoms with Gasteiger partial charge in [0.25, 0.3) is 5.91 Å². The molecule has 1 aromatic heterocycles. The fourth-order valence-corrected chi connectivity index (χ4v) is 1.84. The number of carbonyl (C=O) groups is 2. The van der Waals surface area contributed by atoms with Crippen LogP contribution in [0.2, 0.25) is 0 Å². The molecule has 2 rings (SSSR count). The van der Waals surface area contributed by atoms with Gasteiger partial charge in [-0.25, -0.2) is 0 Å². The van der Waals surface area contributed by atoms with Crippen molar-refractivity contribution in [1.82, 2.24) is 10.3 Å². The molecule has 0 saturated heterocycles. The minimum absolute atomic E-state index is 0.146. The molecule has 1 aliphatic heterocycles. The third-order valence-corrected chi connectivity index (χ3v) is 2.84. The first-order valence-corrected chi connectivity index (χ1v) is 7.15. The van der Waals surface area contributed by atoms with E-state index < -0.39 is 18.4 Å². The van der Waals surface area contributed by atoms with Crippen LogP contribution in [0.1, 0.15) is 31.6 Å². The fourth-order valence-electron chi connectivity index (χ4n) is 1.84. The number of aliphatic hydroxyl groups is 1. The topological polar surface area (TPSA) is 115 Å². The summed E-state index contributed by atoms with van der Waals surface area (Å²) in [6.07, 6.45) is 8.48. The van der Waals surface area contributed by atoms with Crippen molar-refractivity contribution < 1.29 is 24.2 Å². The molecule has 0 atom stereocenters. The van der Waals surface area contributed by atoms with Gasteiger partial charge < -0.3 is 19.9 Å². The number of carbonyl (C=O) groups excluding carboxylic acids is 1. The number of hydrazone groups is 1. The Bertz CT molecular complexity index is 697. The Balaban J connectivity index is 0.000000648. The van der Waals surface area contributed by atoms with Gasteiger partial charge in [0.15, 0.2) is 17.2 Å². The van der Waals surface area contributed by atoms with Crippen LogP contribution in [-0.4, -0.2) is 39.9 Å². The number of fused-ring (bicyclic) bond motifs is 1. The van der Waals surface area contributed by atoms with Crippen LogP contribution in [0.5, 0.6) is 0 Å². The zero-order valence-electron chi connectivity index (χ0n) is 13.4. The van der Waals surface area contributed by atoms with E-state index in [4.69, 9.17) is 15.9 Å². The van der Waals surface area contributed by atoms with Gasteiger partial charge in [-0.3, -0.25) is 14.6 Å². The van der Waals surface area contributed by atoms with E-state index >= 15 is 0 Å². The van der Waals surface area contributed by atoms with Crippen LogP contribution < -0.4 is 5.32 Å². The van der Waals surface area contributed by atoms with Gasteiger partial charge in [-0.15, -0.1) is 12.3 Å². The maximum atomic E-state index is 12.0. The maximum absolute atomic E-state index is 12.0. The van der Waals surface area contributed by atoms with Crippen molar-refractivity contribution in [2.45, 2.75) is 26.8 Å². The molecule has 0 spiro atoms. The van der Waals surface area contributed by atoms with Crippen LogP contribution in [-0.2, 0) is 16.1 Å². The molecular weight excluding hydrogens is 314 g/mol. The number of hydrogen-bond donors (Lipinski definition) is 3. The Morgan fingerprint density at radius 2 is 2.25 bits per heavy atom. The summed E-state index contributed by atoms with van der Waals surface area (Å²) in [5.41, 5.74) is 0.537. The zero-order chi connectivity index (χ0) is 18.1. The normalized spacial score (nSPS) is 13.0. The number of nitrogens with one attached hydrogen (secondary N) is 1. The van der Waals surface area contributed by atoms with E-state index in [2.05, 4.69) is 16.3 Å². The smallest absolute Gasteiger partial charge is 0.322 e. The van der Waals surface area contributed by atoms with Crippen LogP contribution in [0.25, 0.3) is 5.76 Å². The summed E-state index contributed by atoms with van der Waals surface area (Å²) in [6.45, 7) is 3.30. The lowest BCUT2D eigenvalue weighted by Crippen LogP contribution is -2.37. The molecule has 8 nitrogen and oxygen atoms in total. The van der Waals surface area contributed by atoms with Crippen molar-refractivity contribution in [2.75, 3.05) is 6.54 Å². The molecule has 1 amide bonds. The summed E-state index contributed by atoms with van der Waals surface area (Å²) in [4.78, 5) is 22.5. The number of nitrogens with zero attached hydrogens (tertiary/aromatic N) is 2. The van der Waals surface area contributed by atoms with Crippen LogP contribution >= 0.6 is 0 Å². The lowest BCUT2D eigenvalue weighted by Gasteiger charge is -2.25. The molecule has 1 aromatic rings. The predicted octanol–water partition coefficient (Wildman–Crippen LogP) is 1.56. The molecule has 0 unspecified atom stereocenters. The molecule has 0 fully saturated rings. The summed E-state index contributed by atoms with van der Waals surface area (Å²) in [7, 11) is 0. The van der Waals surface area contributed by atoms with Crippen molar-refractivity contribution in [3.8, 4) is 12.3 Å². The van der Waals surface area contributed by atoms with E-state index in [1.54, 1.807) is 13.0 Å². The summed E-state index contributed by atoms with van der Waals surface area (Å²) in [5, 5.41) is 26.1. The van der Waals surface area contributed by atoms with Crippen LogP contribution in [0.15, 0.2) is 27.5 Å². The summed E-state index contributed by atoms with van der Waals surface area (Å²) in [5.74, 6) is 0.328. The highest BCUT2D eigenvalue weighted by Gasteiger charge is 2.31. The predicted molar refractivity (Wildman–Crippen MR) is 87.7 cm³/mol. The second-order valence-corrected chi connectivity index (χ2v) is 4.54. The Hall–Kier alpha value is -3.21. The number of amides is 1. The highest BCUT2D eigenvalue weighted by atomic mass is 16.4. The van der Waals surface area contributed by atoms with Gasteiger partial charge in [-0.1, -0.05) is 6.92 Å². The Kier molecular flexibility index (Phi) is 7.10. The van der Waals surface area contributed by atoms with Crippen molar-refractivity contribution in [2.24, 2.45) is 5.10 Å². The van der Waals surface area contributed by atoms with E-state index in [9.17, 15) is 14.7 Å². The van der Waals surface area contributed by atoms with Gasteiger partial charge in [0, 0.05) is 18.2 Å². The number of terminal acetylenes is 1. The molecular formula is C16H19N3O5. The summed E-state index contributed by atoms with van der Waals surface area (Å²) in [6, 6.07) is 1.66. The molecule has 0 aliphatic carbocycles. The van der Waals surface area contributed by atoms with E-state index in [1.807, 2.05) is 6.92 Å². The van der Waals surface area contributed by atoms with E-state index in [-0.39, 0.29) is 23.8 Å². The quantitative estimate of drug-likeness (QED) is 0.569. The van der Waals surface area contributed by atoms with Crippen LogP contribution in [0, 0.1) is 12.3 Å². The highest BCUT2D eigenvalue weighted by molar-refractivity contribution is 6.00. The SMILES string of the molecule is C#CCC.C/C=N\N1Cc2ccoc2C(O)=C1C(=O)NCC(=O)O. The van der Waals surface area contributed by atoms with Crippen LogP contribution in [0.4, 0.5) is 0 Å². The average molecular weight is 333 g/mol. The number of hydrogen-bond acceptors (Lipinski definition) is 6. The van der Waals surface area contributed by atoms with E-state index in [1.165, 1.54) is 17.5 Å². The molecule has 128 valence electrons. The largest absolute Gasteiger partial charge is 0.503 e. The third kappa shape index (κ3) is 4.64. The molecule has 2 heterocycles. The number of aliphatic hydroxyl groups excluding tert-OH is 1. The lowest BCUT2D eigenvalue weighted by molar-refractivity contribution is -0.137. The number of aliphatic carboxylic acids is 1. The molecule has 8 heteroatoms. The van der Waals surface area contributed by atoms with Crippen molar-refractivity contribution >= 4 is 23.9 Å². The minimum Gasteiger partial charge on any atom is -0.503 e. The molecule has 0 bridgehead atoms. The Labute approximate surface area is 139 Å². The van der Waals surface area contributed by atoms with Crippen molar-refractivity contribution in [3.05, 3.63) is 29.4 Å². The highest BCUT2D eigenvalue weighted by Crippen LogP contribution is 2.31. The fraction of sp³-hybridized carbons (Fsp3) is 0.312. The maximum Gasteiger partial charge on any atom is 0.322 e. The average Bonchev–Trinajstić information content (AvgIpc) is 3.02. The van der Waals surface area contributed by atoms with Gasteiger partial charge in [0.1, 0.15) is 6.54 Å². The standard InChI is InChI=1S/C12H13N3O5.C4H6/c1-2-14-15-6-7-3-4-20-11(7)10(18)9(15)12(19)13-5-8(16)17;1-3-4-2/h2-4,18H,5-6H2,1H3,(H,13,19)(H,16,17);1H,4H2,2H3/b14-2-;. The Morgan fingerprint density at radius 3 is 2.79 bits per heavy atom. The van der Waals surface area contributed by atoms with Crippen LogP contribution in [0.3, 0.4) is 0 Å². The van der Waals surface area contributed by atoms with Crippen molar-refractivity contribution in [3.63, 3.8) is 0 Å². The Morgan fingerprint density at radius 1 is 1.58 bits per heavy atom. The van der Waals surface area contributed by atoms with Gasteiger partial charge in [0.05, 0.1) is 12.8 Å². The van der Waals surface area contributed by atoms with Gasteiger partial charge in [-0.2, -0.15) is 5.10 Å². The van der Waals surface area contributed by atoms with Gasteiger partial charge >= 0.3 is 5.97 Å². The first-order valence-electron chi connectivity index (χ1n) is 7.15. The monoisotopic (exact) mass is 333 g/mol. The lowest BCUT2D eigenvalue weighted by atomic mass is 10.1. The number of furan rings is 1. The molecule has 0 aromatic carbocycles. The molecule has 24 heavy (non-hydrogen) atoms. The molecule has 0 radical (unpaired) electrons. The van der Waals surface area contributed by atoms with E-state index in [0.717, 1.165) is 6.42 Å².